The van der Waals surface area contributed by atoms with E-state index in [4.69, 9.17) is 16.3 Å². The predicted molar refractivity (Wildman–Crippen MR) is 78.2 cm³/mol. The average molecular weight is 278 g/mol. The first-order valence-corrected chi connectivity index (χ1v) is 6.34. The number of aromatic hydroxyl groups is 1. The highest BCUT2D eigenvalue weighted by Crippen LogP contribution is 2.26. The fourth-order valence-corrected chi connectivity index (χ4v) is 2.05. The van der Waals surface area contributed by atoms with Gasteiger partial charge in [0.2, 0.25) is 0 Å². The number of anilines is 1. The Morgan fingerprint density at radius 3 is 2.63 bits per heavy atom. The monoisotopic (exact) mass is 277 g/mol. The molecule has 100 valence electrons. The molecule has 2 aromatic carbocycles. The number of phenols is 1. The lowest BCUT2D eigenvalue weighted by Crippen LogP contribution is -2.00. The highest BCUT2D eigenvalue weighted by Gasteiger charge is 2.02. The maximum atomic E-state index is 9.35. The third-order valence-electron chi connectivity index (χ3n) is 2.90. The fraction of sp³-hybridized carbons (Fsp3) is 0.200. The Hall–Kier alpha value is -1.87. The molecule has 0 aliphatic rings. The van der Waals surface area contributed by atoms with E-state index in [1.54, 1.807) is 25.3 Å². The predicted octanol–water partition coefficient (Wildman–Crippen LogP) is 3.97. The van der Waals surface area contributed by atoms with E-state index >= 15 is 0 Å². The second kappa shape index (κ2) is 5.85. The van der Waals surface area contributed by atoms with E-state index in [0.29, 0.717) is 11.6 Å². The summed E-state index contributed by atoms with van der Waals surface area (Å²) in [6.07, 6.45) is 0. The summed E-state index contributed by atoms with van der Waals surface area (Å²) in [5.74, 6) is 0.976. The molecule has 19 heavy (non-hydrogen) atoms. The van der Waals surface area contributed by atoms with E-state index in [1.165, 1.54) is 0 Å². The minimum Gasteiger partial charge on any atom is -0.506 e. The van der Waals surface area contributed by atoms with Crippen molar-refractivity contribution in [1.82, 2.24) is 0 Å². The minimum absolute atomic E-state index is 0.0903. The van der Waals surface area contributed by atoms with Crippen LogP contribution < -0.4 is 10.1 Å². The van der Waals surface area contributed by atoms with E-state index in [0.717, 1.165) is 22.6 Å². The normalized spacial score (nSPS) is 10.3. The van der Waals surface area contributed by atoms with Crippen LogP contribution in [0.4, 0.5) is 5.69 Å². The molecule has 0 saturated carbocycles. The molecule has 0 heterocycles. The molecule has 0 fully saturated rings. The van der Waals surface area contributed by atoms with Gasteiger partial charge < -0.3 is 15.2 Å². The topological polar surface area (TPSA) is 41.5 Å². The number of phenolic OH excluding ortho intramolecular Hbond substituents is 1. The highest BCUT2D eigenvalue weighted by atomic mass is 35.5. The van der Waals surface area contributed by atoms with Gasteiger partial charge in [-0.2, -0.15) is 0 Å². The molecule has 0 aliphatic heterocycles. The molecule has 0 unspecified atom stereocenters. The maximum absolute atomic E-state index is 9.35. The van der Waals surface area contributed by atoms with Gasteiger partial charge in [0.05, 0.1) is 12.1 Å². The Morgan fingerprint density at radius 2 is 2.00 bits per heavy atom. The van der Waals surface area contributed by atoms with Gasteiger partial charge in [0.25, 0.3) is 0 Å². The molecule has 0 amide bonds. The number of aryl methyl sites for hydroxylation is 1. The second-order valence-electron chi connectivity index (χ2n) is 4.32. The molecule has 2 aromatic rings. The molecule has 0 aromatic heterocycles. The van der Waals surface area contributed by atoms with Gasteiger partial charge in [-0.05, 0) is 42.3 Å². The first-order valence-electron chi connectivity index (χ1n) is 5.96. The van der Waals surface area contributed by atoms with Crippen molar-refractivity contribution < 1.29 is 9.84 Å². The molecule has 0 spiro atoms. The zero-order chi connectivity index (χ0) is 13.8. The highest BCUT2D eigenvalue weighted by molar-refractivity contribution is 6.32. The molecule has 0 radical (unpaired) electrons. The van der Waals surface area contributed by atoms with Crippen molar-refractivity contribution in [3.63, 3.8) is 0 Å². The van der Waals surface area contributed by atoms with Gasteiger partial charge in [0.15, 0.2) is 0 Å². The minimum atomic E-state index is 0.0903. The van der Waals surface area contributed by atoms with E-state index in [-0.39, 0.29) is 5.75 Å². The lowest BCUT2D eigenvalue weighted by molar-refractivity contribution is 0.411. The van der Waals surface area contributed by atoms with Crippen molar-refractivity contribution in [2.24, 2.45) is 0 Å². The number of benzene rings is 2. The van der Waals surface area contributed by atoms with E-state index in [2.05, 4.69) is 11.4 Å². The quantitative estimate of drug-likeness (QED) is 0.831. The van der Waals surface area contributed by atoms with Crippen molar-refractivity contribution in [2.45, 2.75) is 13.5 Å². The smallest absolute Gasteiger partial charge is 0.134 e. The zero-order valence-electron chi connectivity index (χ0n) is 10.9. The first kappa shape index (κ1) is 13.6. The Balaban J connectivity index is 2.05. The van der Waals surface area contributed by atoms with Gasteiger partial charge in [0.1, 0.15) is 11.5 Å². The average Bonchev–Trinajstić information content (AvgIpc) is 2.40. The van der Waals surface area contributed by atoms with Crippen LogP contribution >= 0.6 is 11.6 Å². The van der Waals surface area contributed by atoms with Crippen molar-refractivity contribution in [2.75, 3.05) is 12.4 Å². The molecule has 0 saturated heterocycles. The molecule has 2 N–H and O–H groups in total. The van der Waals surface area contributed by atoms with Gasteiger partial charge in [-0.1, -0.05) is 23.7 Å². The second-order valence-corrected chi connectivity index (χ2v) is 4.73. The molecular weight excluding hydrogens is 262 g/mol. The van der Waals surface area contributed by atoms with Crippen LogP contribution in [0.25, 0.3) is 0 Å². The van der Waals surface area contributed by atoms with Crippen LogP contribution in [0.2, 0.25) is 5.02 Å². The number of methoxy groups -OCH3 is 1. The third-order valence-corrected chi connectivity index (χ3v) is 3.21. The molecule has 3 nitrogen and oxygen atoms in total. The molecule has 0 atom stereocenters. The SMILES string of the molecule is COc1ccc(CNc2ccc(O)c(Cl)c2)cc1C. The molecule has 0 bridgehead atoms. The maximum Gasteiger partial charge on any atom is 0.134 e. The summed E-state index contributed by atoms with van der Waals surface area (Å²) >= 11 is 5.85. The molecule has 4 heteroatoms. The van der Waals surface area contributed by atoms with Crippen molar-refractivity contribution in [3.05, 3.63) is 52.5 Å². The third kappa shape index (κ3) is 3.32. The summed E-state index contributed by atoms with van der Waals surface area (Å²) in [6, 6.07) is 11.1. The first-order chi connectivity index (χ1) is 9.10. The van der Waals surface area contributed by atoms with Crippen LogP contribution in [0.1, 0.15) is 11.1 Å². The summed E-state index contributed by atoms with van der Waals surface area (Å²) < 4.78 is 5.23. The lowest BCUT2D eigenvalue weighted by atomic mass is 10.1. The van der Waals surface area contributed by atoms with Crippen molar-refractivity contribution >= 4 is 17.3 Å². The number of nitrogens with one attached hydrogen (secondary N) is 1. The van der Waals surface area contributed by atoms with Crippen LogP contribution in [-0.4, -0.2) is 12.2 Å². The van der Waals surface area contributed by atoms with Gasteiger partial charge in [-0.15, -0.1) is 0 Å². The number of hydrogen-bond donors (Lipinski definition) is 2. The summed E-state index contributed by atoms with van der Waals surface area (Å²) in [5.41, 5.74) is 3.13. The van der Waals surface area contributed by atoms with Crippen LogP contribution in [0.5, 0.6) is 11.5 Å². The summed E-state index contributed by atoms with van der Waals surface area (Å²) in [7, 11) is 1.67. The molecule has 2 rings (SSSR count). The van der Waals surface area contributed by atoms with E-state index in [1.807, 2.05) is 19.1 Å². The van der Waals surface area contributed by atoms with Crippen molar-refractivity contribution in [3.8, 4) is 11.5 Å². The molecular formula is C15H16ClNO2. The Labute approximate surface area is 117 Å². The van der Waals surface area contributed by atoms with E-state index < -0.39 is 0 Å². The Morgan fingerprint density at radius 1 is 1.21 bits per heavy atom. The number of halogens is 1. The van der Waals surface area contributed by atoms with Crippen LogP contribution in [0.15, 0.2) is 36.4 Å². The summed E-state index contributed by atoms with van der Waals surface area (Å²) in [6.45, 7) is 2.70. The van der Waals surface area contributed by atoms with Crippen LogP contribution in [0.3, 0.4) is 0 Å². The summed E-state index contributed by atoms with van der Waals surface area (Å²) in [5, 5.41) is 13.0. The zero-order valence-corrected chi connectivity index (χ0v) is 11.7. The van der Waals surface area contributed by atoms with Gasteiger partial charge in [-0.25, -0.2) is 0 Å². The van der Waals surface area contributed by atoms with Gasteiger partial charge >= 0.3 is 0 Å². The number of rotatable bonds is 4. The Kier molecular flexibility index (Phi) is 4.17. The van der Waals surface area contributed by atoms with Crippen LogP contribution in [-0.2, 0) is 6.54 Å². The van der Waals surface area contributed by atoms with Crippen LogP contribution in [0, 0.1) is 6.92 Å². The van der Waals surface area contributed by atoms with Crippen molar-refractivity contribution in [1.29, 1.82) is 0 Å². The lowest BCUT2D eigenvalue weighted by Gasteiger charge is -2.10. The summed E-state index contributed by atoms with van der Waals surface area (Å²) in [4.78, 5) is 0. The largest absolute Gasteiger partial charge is 0.506 e. The number of ether oxygens (including phenoxy) is 1. The Bertz CT molecular complexity index is 584. The molecule has 0 aliphatic carbocycles. The standard InChI is InChI=1S/C15H16ClNO2/c1-10-7-11(3-6-15(10)19-2)9-17-12-4-5-14(18)13(16)8-12/h3-8,17-18H,9H2,1-2H3. The van der Waals surface area contributed by atoms with Gasteiger partial charge in [-0.3, -0.25) is 0 Å². The number of hydrogen-bond acceptors (Lipinski definition) is 3. The van der Waals surface area contributed by atoms with E-state index in [9.17, 15) is 5.11 Å². The van der Waals surface area contributed by atoms with Gasteiger partial charge in [0, 0.05) is 12.2 Å². The fourth-order valence-electron chi connectivity index (χ4n) is 1.87.